The van der Waals surface area contributed by atoms with Gasteiger partial charge in [-0.25, -0.2) is 0 Å². The van der Waals surface area contributed by atoms with Crippen LogP contribution in [0.1, 0.15) is 38.3 Å². The Morgan fingerprint density at radius 2 is 1.59 bits per heavy atom. The summed E-state index contributed by atoms with van der Waals surface area (Å²) in [6, 6.07) is 12.8. The van der Waals surface area contributed by atoms with Crippen LogP contribution in [0.4, 0.5) is 0 Å². The molecule has 6 nitrogen and oxygen atoms in total. The van der Waals surface area contributed by atoms with E-state index < -0.39 is 6.04 Å². The van der Waals surface area contributed by atoms with Crippen molar-refractivity contribution in [3.8, 4) is 11.5 Å². The minimum Gasteiger partial charge on any atom is -0.493 e. The van der Waals surface area contributed by atoms with E-state index in [4.69, 9.17) is 9.47 Å². The number of hydrogen-bond donors (Lipinski definition) is 1. The van der Waals surface area contributed by atoms with Crippen molar-refractivity contribution in [3.05, 3.63) is 58.1 Å². The SMILES string of the molecule is COc1ccc(CCC(=O)N(Cc2ccc(Br)cc2)[C@H](C)C(=O)NCC(C)C)cc1OC. The Labute approximate surface area is 199 Å². The second-order valence-corrected chi connectivity index (χ2v) is 9.07. The minimum atomic E-state index is -0.574. The predicted octanol–water partition coefficient (Wildman–Crippen LogP) is 4.59. The molecule has 0 aliphatic carbocycles. The number of rotatable bonds is 11. The standard InChI is InChI=1S/C25H33BrN2O4/c1-17(2)15-27-25(30)18(3)28(16-20-6-10-21(26)11-7-20)24(29)13-9-19-8-12-22(31-4)23(14-19)32-5/h6-8,10-12,14,17-18H,9,13,15-16H2,1-5H3,(H,27,30)/t18-/m1/s1. The molecule has 0 spiro atoms. The zero-order chi connectivity index (χ0) is 23.7. The van der Waals surface area contributed by atoms with E-state index >= 15 is 0 Å². The van der Waals surface area contributed by atoms with Crippen molar-refractivity contribution in [1.82, 2.24) is 10.2 Å². The Morgan fingerprint density at radius 1 is 0.969 bits per heavy atom. The van der Waals surface area contributed by atoms with Crippen molar-refractivity contribution in [2.24, 2.45) is 5.92 Å². The molecule has 0 heterocycles. The first kappa shape index (κ1) is 25.7. The number of aryl methyl sites for hydroxylation is 1. The maximum atomic E-state index is 13.2. The van der Waals surface area contributed by atoms with Gasteiger partial charge >= 0.3 is 0 Å². The van der Waals surface area contributed by atoms with Crippen molar-refractivity contribution in [1.29, 1.82) is 0 Å². The van der Waals surface area contributed by atoms with E-state index in [9.17, 15) is 9.59 Å². The molecule has 174 valence electrons. The molecule has 0 aromatic heterocycles. The van der Waals surface area contributed by atoms with Crippen molar-refractivity contribution >= 4 is 27.7 Å². The number of ether oxygens (including phenoxy) is 2. The van der Waals surface area contributed by atoms with E-state index in [0.717, 1.165) is 15.6 Å². The average Bonchev–Trinajstić information content (AvgIpc) is 2.79. The number of nitrogens with zero attached hydrogens (tertiary/aromatic N) is 1. The summed E-state index contributed by atoms with van der Waals surface area (Å²) in [4.78, 5) is 27.6. The van der Waals surface area contributed by atoms with Crippen molar-refractivity contribution in [3.63, 3.8) is 0 Å². The summed E-state index contributed by atoms with van der Waals surface area (Å²) in [5.74, 6) is 1.40. The zero-order valence-corrected chi connectivity index (χ0v) is 21.1. The summed E-state index contributed by atoms with van der Waals surface area (Å²) in [6.07, 6.45) is 0.824. The lowest BCUT2D eigenvalue weighted by Gasteiger charge is -2.29. The lowest BCUT2D eigenvalue weighted by molar-refractivity contribution is -0.140. The topological polar surface area (TPSA) is 67.9 Å². The van der Waals surface area contributed by atoms with Gasteiger partial charge in [0.1, 0.15) is 6.04 Å². The van der Waals surface area contributed by atoms with Gasteiger partial charge in [0.15, 0.2) is 11.5 Å². The van der Waals surface area contributed by atoms with E-state index in [1.54, 1.807) is 26.0 Å². The average molecular weight is 505 g/mol. The van der Waals surface area contributed by atoms with Gasteiger partial charge < -0.3 is 19.7 Å². The van der Waals surface area contributed by atoms with Gasteiger partial charge in [-0.2, -0.15) is 0 Å². The molecule has 32 heavy (non-hydrogen) atoms. The summed E-state index contributed by atoms with van der Waals surface area (Å²) in [6.45, 7) is 6.81. The van der Waals surface area contributed by atoms with Crippen LogP contribution in [0.5, 0.6) is 11.5 Å². The third kappa shape index (κ3) is 7.55. The molecule has 0 fully saturated rings. The highest BCUT2D eigenvalue weighted by Crippen LogP contribution is 2.28. The van der Waals surface area contributed by atoms with E-state index in [1.165, 1.54) is 0 Å². The van der Waals surface area contributed by atoms with E-state index in [1.807, 2.05) is 56.3 Å². The van der Waals surface area contributed by atoms with Crippen LogP contribution in [0, 0.1) is 5.92 Å². The number of carbonyl (C=O) groups is 2. The molecule has 2 aromatic rings. The molecule has 0 unspecified atom stereocenters. The first-order valence-electron chi connectivity index (χ1n) is 10.8. The highest BCUT2D eigenvalue weighted by molar-refractivity contribution is 9.10. The lowest BCUT2D eigenvalue weighted by Crippen LogP contribution is -2.48. The second kappa shape index (κ2) is 12.5. The normalized spacial score (nSPS) is 11.7. The van der Waals surface area contributed by atoms with Crippen molar-refractivity contribution in [2.45, 2.75) is 46.2 Å². The van der Waals surface area contributed by atoms with Crippen LogP contribution >= 0.6 is 15.9 Å². The minimum absolute atomic E-state index is 0.0742. The number of halogens is 1. The van der Waals surface area contributed by atoms with Crippen LogP contribution in [0.2, 0.25) is 0 Å². The van der Waals surface area contributed by atoms with Gasteiger partial charge in [-0.05, 0) is 54.7 Å². The van der Waals surface area contributed by atoms with Crippen LogP contribution in [0.3, 0.4) is 0 Å². The Hall–Kier alpha value is -2.54. The highest BCUT2D eigenvalue weighted by atomic mass is 79.9. The maximum Gasteiger partial charge on any atom is 0.242 e. The zero-order valence-electron chi connectivity index (χ0n) is 19.5. The first-order valence-corrected chi connectivity index (χ1v) is 11.6. The molecule has 0 saturated heterocycles. The molecule has 2 aromatic carbocycles. The van der Waals surface area contributed by atoms with E-state index in [-0.39, 0.29) is 18.2 Å². The first-order chi connectivity index (χ1) is 15.2. The van der Waals surface area contributed by atoms with Gasteiger partial charge in [-0.15, -0.1) is 0 Å². The molecular formula is C25H33BrN2O4. The van der Waals surface area contributed by atoms with Crippen molar-refractivity contribution < 1.29 is 19.1 Å². The van der Waals surface area contributed by atoms with Crippen LogP contribution < -0.4 is 14.8 Å². The number of amides is 2. The van der Waals surface area contributed by atoms with Gasteiger partial charge in [0.05, 0.1) is 14.2 Å². The van der Waals surface area contributed by atoms with Gasteiger partial charge in [0.25, 0.3) is 0 Å². The third-order valence-electron chi connectivity index (χ3n) is 5.19. The number of methoxy groups -OCH3 is 2. The molecule has 0 radical (unpaired) electrons. The van der Waals surface area contributed by atoms with Crippen LogP contribution in [0.15, 0.2) is 46.9 Å². The molecular weight excluding hydrogens is 472 g/mol. The molecule has 2 amide bonds. The number of carbonyl (C=O) groups excluding carboxylic acids is 2. The third-order valence-corrected chi connectivity index (χ3v) is 5.72. The van der Waals surface area contributed by atoms with Crippen LogP contribution in [-0.4, -0.2) is 43.5 Å². The van der Waals surface area contributed by atoms with Gasteiger partial charge in [0, 0.05) is 24.0 Å². The fraction of sp³-hybridized carbons (Fsp3) is 0.440. The second-order valence-electron chi connectivity index (χ2n) is 8.15. The summed E-state index contributed by atoms with van der Waals surface area (Å²) in [5.41, 5.74) is 1.94. The maximum absolute atomic E-state index is 13.2. The molecule has 7 heteroatoms. The fourth-order valence-electron chi connectivity index (χ4n) is 3.25. The van der Waals surface area contributed by atoms with Crippen molar-refractivity contribution in [2.75, 3.05) is 20.8 Å². The quantitative estimate of drug-likeness (QED) is 0.485. The van der Waals surface area contributed by atoms with E-state index in [2.05, 4.69) is 21.2 Å². The monoisotopic (exact) mass is 504 g/mol. The van der Waals surface area contributed by atoms with Crippen LogP contribution in [0.25, 0.3) is 0 Å². The van der Waals surface area contributed by atoms with Gasteiger partial charge in [0.2, 0.25) is 11.8 Å². The molecule has 0 saturated carbocycles. The van der Waals surface area contributed by atoms with Crippen LogP contribution in [-0.2, 0) is 22.6 Å². The summed E-state index contributed by atoms with van der Waals surface area (Å²) in [5, 5.41) is 2.94. The van der Waals surface area contributed by atoms with Gasteiger partial charge in [-0.1, -0.05) is 48.0 Å². The fourth-order valence-corrected chi connectivity index (χ4v) is 3.52. The Balaban J connectivity index is 2.15. The molecule has 1 atom stereocenters. The summed E-state index contributed by atoms with van der Waals surface area (Å²) in [7, 11) is 3.18. The predicted molar refractivity (Wildman–Crippen MR) is 130 cm³/mol. The molecule has 2 rings (SSSR count). The number of nitrogens with one attached hydrogen (secondary N) is 1. The molecule has 0 aliphatic rings. The van der Waals surface area contributed by atoms with E-state index in [0.29, 0.717) is 36.9 Å². The Morgan fingerprint density at radius 3 is 2.19 bits per heavy atom. The smallest absolute Gasteiger partial charge is 0.242 e. The Bertz CT molecular complexity index is 899. The number of benzene rings is 2. The Kier molecular flexibility index (Phi) is 10.0. The largest absolute Gasteiger partial charge is 0.493 e. The molecule has 1 N–H and O–H groups in total. The molecule has 0 aliphatic heterocycles. The number of hydrogen-bond acceptors (Lipinski definition) is 4. The molecule has 0 bridgehead atoms. The summed E-state index contributed by atoms with van der Waals surface area (Å²) < 4.78 is 11.6. The summed E-state index contributed by atoms with van der Waals surface area (Å²) >= 11 is 3.44. The van der Waals surface area contributed by atoms with Gasteiger partial charge in [-0.3, -0.25) is 9.59 Å². The lowest BCUT2D eigenvalue weighted by atomic mass is 10.1. The highest BCUT2D eigenvalue weighted by Gasteiger charge is 2.26.